The predicted molar refractivity (Wildman–Crippen MR) is 45.1 cm³/mol. The molecule has 60 valence electrons. The molecule has 1 aliphatic heterocycles. The molecule has 0 saturated carbocycles. The zero-order chi connectivity index (χ0) is 7.78. The normalized spacial score (nSPS) is 31.5. The minimum Gasteiger partial charge on any atom is -0.309 e. The fourth-order valence-electron chi connectivity index (χ4n) is 1.66. The van der Waals surface area contributed by atoms with Crippen LogP contribution in [0.25, 0.3) is 0 Å². The molecule has 1 N–H and O–H groups in total. The summed E-state index contributed by atoms with van der Waals surface area (Å²) in [5.74, 6) is 0.793. The van der Waals surface area contributed by atoms with E-state index in [0.717, 1.165) is 12.0 Å². The monoisotopic (exact) mass is 141 g/mol. The van der Waals surface area contributed by atoms with Crippen LogP contribution in [-0.2, 0) is 0 Å². The summed E-state index contributed by atoms with van der Waals surface area (Å²) in [5.41, 5.74) is 0.398. The van der Waals surface area contributed by atoms with Crippen LogP contribution >= 0.6 is 0 Å². The molecule has 0 amide bonds. The molecule has 0 aromatic rings. The Hall–Kier alpha value is -0.0400. The Balaban J connectivity index is 2.43. The van der Waals surface area contributed by atoms with Crippen molar-refractivity contribution >= 4 is 0 Å². The van der Waals surface area contributed by atoms with E-state index in [9.17, 15) is 0 Å². The van der Waals surface area contributed by atoms with E-state index in [4.69, 9.17) is 0 Å². The number of nitrogens with one attached hydrogen (secondary N) is 1. The van der Waals surface area contributed by atoms with Crippen molar-refractivity contribution < 1.29 is 0 Å². The fourth-order valence-corrected chi connectivity index (χ4v) is 1.66. The molecule has 0 aliphatic carbocycles. The summed E-state index contributed by atoms with van der Waals surface area (Å²) >= 11 is 0. The lowest BCUT2D eigenvalue weighted by molar-refractivity contribution is 0.379. The average Bonchev–Trinajstić information content (AvgIpc) is 2.10. The maximum atomic E-state index is 3.63. The molecule has 1 nitrogen and oxygen atoms in total. The Morgan fingerprint density at radius 3 is 2.20 bits per heavy atom. The van der Waals surface area contributed by atoms with Gasteiger partial charge in [-0.15, -0.1) is 0 Å². The molecule has 1 rings (SSSR count). The number of hydrogen-bond donors (Lipinski definition) is 1. The molecule has 1 atom stereocenters. The molecule has 0 radical (unpaired) electrons. The first kappa shape index (κ1) is 8.06. The number of hydrogen-bond acceptors (Lipinski definition) is 1. The van der Waals surface area contributed by atoms with Gasteiger partial charge in [0.05, 0.1) is 0 Å². The SMILES string of the molecule is CC(C)[C@@H]1CCC(C)(C)N1. The second-order valence-electron chi connectivity index (χ2n) is 4.42. The standard InChI is InChI=1S/C9H19N/c1-7(2)8-5-6-9(3,4)10-8/h7-8,10H,5-6H2,1-4H3/t8-/m0/s1. The van der Waals surface area contributed by atoms with Crippen molar-refractivity contribution in [2.75, 3.05) is 0 Å². The Bertz CT molecular complexity index is 116. The van der Waals surface area contributed by atoms with Crippen LogP contribution in [0.15, 0.2) is 0 Å². The first-order chi connectivity index (χ1) is 4.51. The topological polar surface area (TPSA) is 12.0 Å². The van der Waals surface area contributed by atoms with E-state index >= 15 is 0 Å². The van der Waals surface area contributed by atoms with Crippen molar-refractivity contribution in [1.29, 1.82) is 0 Å². The van der Waals surface area contributed by atoms with Crippen LogP contribution in [0.4, 0.5) is 0 Å². The van der Waals surface area contributed by atoms with Crippen LogP contribution in [0.1, 0.15) is 40.5 Å². The molecule has 1 fully saturated rings. The summed E-state index contributed by atoms with van der Waals surface area (Å²) in [6, 6.07) is 0.759. The second kappa shape index (κ2) is 2.54. The van der Waals surface area contributed by atoms with Crippen molar-refractivity contribution in [1.82, 2.24) is 5.32 Å². The van der Waals surface area contributed by atoms with Gasteiger partial charge in [0, 0.05) is 11.6 Å². The van der Waals surface area contributed by atoms with Gasteiger partial charge in [0.15, 0.2) is 0 Å². The minimum atomic E-state index is 0.398. The molecule has 1 saturated heterocycles. The summed E-state index contributed by atoms with van der Waals surface area (Å²) in [6.07, 6.45) is 2.68. The van der Waals surface area contributed by atoms with Gasteiger partial charge in [-0.05, 0) is 32.6 Å². The zero-order valence-electron chi connectivity index (χ0n) is 7.57. The van der Waals surface area contributed by atoms with Crippen molar-refractivity contribution in [3.63, 3.8) is 0 Å². The van der Waals surface area contributed by atoms with E-state index in [0.29, 0.717) is 5.54 Å². The van der Waals surface area contributed by atoms with Crippen molar-refractivity contribution in [3.8, 4) is 0 Å². The largest absolute Gasteiger partial charge is 0.309 e. The van der Waals surface area contributed by atoms with Crippen molar-refractivity contribution in [3.05, 3.63) is 0 Å². The minimum absolute atomic E-state index is 0.398. The molecule has 10 heavy (non-hydrogen) atoms. The van der Waals surface area contributed by atoms with E-state index in [2.05, 4.69) is 33.0 Å². The van der Waals surface area contributed by atoms with Crippen LogP contribution in [0, 0.1) is 5.92 Å². The highest BCUT2D eigenvalue weighted by atomic mass is 15.0. The van der Waals surface area contributed by atoms with Gasteiger partial charge >= 0.3 is 0 Å². The molecule has 0 aromatic heterocycles. The van der Waals surface area contributed by atoms with E-state index in [1.807, 2.05) is 0 Å². The third-order valence-electron chi connectivity index (χ3n) is 2.46. The average molecular weight is 141 g/mol. The first-order valence-electron chi connectivity index (χ1n) is 4.29. The third kappa shape index (κ3) is 1.72. The van der Waals surface area contributed by atoms with Gasteiger partial charge in [-0.25, -0.2) is 0 Å². The highest BCUT2D eigenvalue weighted by molar-refractivity contribution is 4.91. The van der Waals surface area contributed by atoms with Crippen molar-refractivity contribution in [2.24, 2.45) is 5.92 Å². The Morgan fingerprint density at radius 1 is 1.40 bits per heavy atom. The lowest BCUT2D eigenvalue weighted by Gasteiger charge is -2.22. The fraction of sp³-hybridized carbons (Fsp3) is 1.00. The van der Waals surface area contributed by atoms with Gasteiger partial charge in [-0.3, -0.25) is 0 Å². The maximum Gasteiger partial charge on any atom is 0.0128 e. The van der Waals surface area contributed by atoms with Gasteiger partial charge < -0.3 is 5.32 Å². The highest BCUT2D eigenvalue weighted by Crippen LogP contribution is 2.25. The summed E-state index contributed by atoms with van der Waals surface area (Å²) in [7, 11) is 0. The van der Waals surface area contributed by atoms with Crippen molar-refractivity contribution in [2.45, 2.75) is 52.1 Å². The summed E-state index contributed by atoms with van der Waals surface area (Å²) in [4.78, 5) is 0. The molecule has 1 heterocycles. The van der Waals surface area contributed by atoms with Crippen LogP contribution in [-0.4, -0.2) is 11.6 Å². The van der Waals surface area contributed by atoms with Gasteiger partial charge in [-0.2, -0.15) is 0 Å². The molecule has 0 spiro atoms. The zero-order valence-corrected chi connectivity index (χ0v) is 7.57. The van der Waals surface area contributed by atoms with Crippen LogP contribution in [0.5, 0.6) is 0 Å². The Labute approximate surface area is 64.2 Å². The van der Waals surface area contributed by atoms with E-state index in [-0.39, 0.29) is 0 Å². The van der Waals surface area contributed by atoms with Gasteiger partial charge in [-0.1, -0.05) is 13.8 Å². The molecule has 1 heteroatoms. The van der Waals surface area contributed by atoms with Crippen LogP contribution in [0.2, 0.25) is 0 Å². The summed E-state index contributed by atoms with van der Waals surface area (Å²) in [5, 5.41) is 3.63. The molecule has 0 aromatic carbocycles. The highest BCUT2D eigenvalue weighted by Gasteiger charge is 2.30. The Kier molecular flexibility index (Phi) is 2.04. The molecule has 0 bridgehead atoms. The third-order valence-corrected chi connectivity index (χ3v) is 2.46. The molecule has 1 aliphatic rings. The lowest BCUT2D eigenvalue weighted by atomic mass is 10.0. The van der Waals surface area contributed by atoms with Crippen LogP contribution < -0.4 is 5.32 Å². The smallest absolute Gasteiger partial charge is 0.0128 e. The predicted octanol–water partition coefficient (Wildman–Crippen LogP) is 2.17. The molecular formula is C9H19N. The molecular weight excluding hydrogens is 122 g/mol. The quantitative estimate of drug-likeness (QED) is 0.590. The molecule has 0 unspecified atom stereocenters. The number of rotatable bonds is 1. The van der Waals surface area contributed by atoms with Gasteiger partial charge in [0.2, 0.25) is 0 Å². The maximum absolute atomic E-state index is 3.63. The lowest BCUT2D eigenvalue weighted by Crippen LogP contribution is -2.39. The van der Waals surface area contributed by atoms with Gasteiger partial charge in [0.25, 0.3) is 0 Å². The van der Waals surface area contributed by atoms with E-state index in [1.165, 1.54) is 12.8 Å². The second-order valence-corrected chi connectivity index (χ2v) is 4.42. The van der Waals surface area contributed by atoms with E-state index in [1.54, 1.807) is 0 Å². The summed E-state index contributed by atoms with van der Waals surface area (Å²) in [6.45, 7) is 9.16. The van der Waals surface area contributed by atoms with E-state index < -0.39 is 0 Å². The van der Waals surface area contributed by atoms with Crippen LogP contribution in [0.3, 0.4) is 0 Å². The Morgan fingerprint density at radius 2 is 2.00 bits per heavy atom. The first-order valence-corrected chi connectivity index (χ1v) is 4.29. The van der Waals surface area contributed by atoms with Gasteiger partial charge in [0.1, 0.15) is 0 Å². The summed E-state index contributed by atoms with van der Waals surface area (Å²) < 4.78 is 0.